The first-order chi connectivity index (χ1) is 14.7. The van der Waals surface area contributed by atoms with E-state index in [-0.39, 0.29) is 11.3 Å². The molecule has 0 aromatic heterocycles. The number of methoxy groups -OCH3 is 2. The van der Waals surface area contributed by atoms with Gasteiger partial charge in [0.1, 0.15) is 0 Å². The van der Waals surface area contributed by atoms with E-state index in [1.807, 2.05) is 6.92 Å². The summed E-state index contributed by atoms with van der Waals surface area (Å²) in [5.74, 6) is -1.72. The average Bonchev–Trinajstić information content (AvgIpc) is 3.16. The third kappa shape index (κ3) is 3.66. The van der Waals surface area contributed by atoms with Crippen molar-refractivity contribution in [1.29, 1.82) is 0 Å². The van der Waals surface area contributed by atoms with Gasteiger partial charge in [-0.2, -0.15) is 4.31 Å². The van der Waals surface area contributed by atoms with Crippen molar-refractivity contribution in [2.45, 2.75) is 30.3 Å². The number of hydrogen-bond acceptors (Lipinski definition) is 6. The van der Waals surface area contributed by atoms with Crippen LogP contribution in [0, 0.1) is 12.3 Å². The Bertz CT molecular complexity index is 1060. The Morgan fingerprint density at radius 1 is 1.03 bits per heavy atom. The summed E-state index contributed by atoms with van der Waals surface area (Å²) in [7, 11) is -1.80. The van der Waals surface area contributed by atoms with Crippen molar-refractivity contribution in [3.63, 3.8) is 0 Å². The van der Waals surface area contributed by atoms with Crippen LogP contribution in [0.4, 0.5) is 0 Å². The minimum atomic E-state index is -4.12. The molecule has 2 aromatic carbocycles. The first-order valence-corrected chi connectivity index (χ1v) is 11.1. The molecule has 0 bridgehead atoms. The molecule has 0 unspecified atom stereocenters. The number of esters is 2. The molecule has 31 heavy (non-hydrogen) atoms. The predicted molar refractivity (Wildman–Crippen MR) is 114 cm³/mol. The molecule has 1 aliphatic heterocycles. The number of nitrogens with zero attached hydrogens (tertiary/aromatic N) is 1. The van der Waals surface area contributed by atoms with Gasteiger partial charge in [-0.3, -0.25) is 9.59 Å². The van der Waals surface area contributed by atoms with E-state index in [1.54, 1.807) is 42.5 Å². The highest BCUT2D eigenvalue weighted by atomic mass is 32.2. The molecule has 164 valence electrons. The summed E-state index contributed by atoms with van der Waals surface area (Å²) in [5.41, 5.74) is -0.515. The number of ether oxygens (including phenoxy) is 2. The lowest BCUT2D eigenvalue weighted by molar-refractivity contribution is -0.170. The van der Waals surface area contributed by atoms with Gasteiger partial charge in [0, 0.05) is 6.04 Å². The second-order valence-electron chi connectivity index (χ2n) is 7.42. The van der Waals surface area contributed by atoms with Crippen molar-refractivity contribution < 1.29 is 27.5 Å². The van der Waals surface area contributed by atoms with Crippen molar-refractivity contribution in [3.05, 3.63) is 78.4 Å². The SMILES string of the molecule is C=C[C@@H]1CC(C(=O)OC)(C(=O)OC)[C@H](c2ccccc2)N1S(=O)(=O)c1ccc(C)cc1. The lowest BCUT2D eigenvalue weighted by Crippen LogP contribution is -2.47. The second-order valence-corrected chi connectivity index (χ2v) is 9.27. The monoisotopic (exact) mass is 443 g/mol. The highest BCUT2D eigenvalue weighted by Gasteiger charge is 2.66. The second kappa shape index (κ2) is 8.64. The molecule has 1 fully saturated rings. The molecule has 0 aliphatic carbocycles. The van der Waals surface area contributed by atoms with Crippen LogP contribution < -0.4 is 0 Å². The fourth-order valence-electron chi connectivity index (χ4n) is 4.18. The van der Waals surface area contributed by atoms with Gasteiger partial charge in [-0.15, -0.1) is 6.58 Å². The molecule has 0 N–H and O–H groups in total. The highest BCUT2D eigenvalue weighted by molar-refractivity contribution is 7.89. The normalized spacial score (nSPS) is 20.7. The molecular weight excluding hydrogens is 418 g/mol. The zero-order chi connectivity index (χ0) is 22.8. The Labute approximate surface area is 182 Å². The molecular formula is C23H25NO6S. The smallest absolute Gasteiger partial charge is 0.325 e. The van der Waals surface area contributed by atoms with Crippen LogP contribution in [0.2, 0.25) is 0 Å². The minimum absolute atomic E-state index is 0.0522. The zero-order valence-electron chi connectivity index (χ0n) is 17.6. The summed E-state index contributed by atoms with van der Waals surface area (Å²) in [4.78, 5) is 26.2. The summed E-state index contributed by atoms with van der Waals surface area (Å²) < 4.78 is 38.7. The summed E-state index contributed by atoms with van der Waals surface area (Å²) in [6.07, 6.45) is 1.27. The van der Waals surface area contributed by atoms with Gasteiger partial charge >= 0.3 is 11.9 Å². The molecule has 2 atom stereocenters. The predicted octanol–water partition coefficient (Wildman–Crippen LogP) is 3.02. The van der Waals surface area contributed by atoms with E-state index in [9.17, 15) is 18.0 Å². The van der Waals surface area contributed by atoms with Crippen LogP contribution in [-0.4, -0.2) is 44.9 Å². The lowest BCUT2D eigenvalue weighted by atomic mass is 9.76. The fourth-order valence-corrected chi connectivity index (χ4v) is 6.00. The molecule has 3 rings (SSSR count). The standard InChI is InChI=1S/C23H25NO6S/c1-5-18-15-23(21(25)29-3,22(26)30-4)20(17-9-7-6-8-10-17)24(18)31(27,28)19-13-11-16(2)12-14-19/h5-14,18,20H,1,15H2,2-4H3/t18-,20+/m1/s1. The van der Waals surface area contributed by atoms with Gasteiger partial charge in [0.05, 0.1) is 25.2 Å². The Balaban J connectivity index is 2.32. The van der Waals surface area contributed by atoms with Gasteiger partial charge in [-0.1, -0.05) is 54.1 Å². The van der Waals surface area contributed by atoms with E-state index >= 15 is 0 Å². The van der Waals surface area contributed by atoms with Gasteiger partial charge in [-0.25, -0.2) is 8.42 Å². The van der Waals surface area contributed by atoms with E-state index in [1.165, 1.54) is 22.5 Å². The number of carbonyl (C=O) groups excluding carboxylic acids is 2. The maximum atomic E-state index is 13.8. The van der Waals surface area contributed by atoms with Crippen LogP contribution >= 0.6 is 0 Å². The Hall–Kier alpha value is -2.97. The first kappa shape index (κ1) is 22.7. The van der Waals surface area contributed by atoms with Crippen molar-refractivity contribution in [2.24, 2.45) is 5.41 Å². The van der Waals surface area contributed by atoms with E-state index < -0.39 is 39.5 Å². The van der Waals surface area contributed by atoms with E-state index in [0.717, 1.165) is 19.8 Å². The van der Waals surface area contributed by atoms with Crippen LogP contribution in [0.15, 0.2) is 72.1 Å². The molecule has 1 saturated heterocycles. The van der Waals surface area contributed by atoms with Crippen LogP contribution in [0.5, 0.6) is 0 Å². The van der Waals surface area contributed by atoms with Gasteiger partial charge < -0.3 is 9.47 Å². The maximum Gasteiger partial charge on any atom is 0.325 e. The zero-order valence-corrected chi connectivity index (χ0v) is 18.5. The molecule has 1 aliphatic rings. The van der Waals surface area contributed by atoms with Crippen molar-refractivity contribution in [3.8, 4) is 0 Å². The van der Waals surface area contributed by atoms with Crippen molar-refractivity contribution >= 4 is 22.0 Å². The molecule has 0 amide bonds. The summed E-state index contributed by atoms with van der Waals surface area (Å²) in [6, 6.07) is 12.9. The van der Waals surface area contributed by atoms with E-state index in [4.69, 9.17) is 9.47 Å². The number of carbonyl (C=O) groups is 2. The minimum Gasteiger partial charge on any atom is -0.468 e. The summed E-state index contributed by atoms with van der Waals surface area (Å²) in [6.45, 7) is 5.62. The molecule has 1 heterocycles. The fraction of sp³-hybridized carbons (Fsp3) is 0.304. The summed E-state index contributed by atoms with van der Waals surface area (Å²) >= 11 is 0. The van der Waals surface area contributed by atoms with Crippen molar-refractivity contribution in [1.82, 2.24) is 4.31 Å². The average molecular weight is 444 g/mol. The van der Waals surface area contributed by atoms with Gasteiger partial charge in [0.15, 0.2) is 5.41 Å². The van der Waals surface area contributed by atoms with E-state index in [2.05, 4.69) is 6.58 Å². The van der Waals surface area contributed by atoms with Gasteiger partial charge in [-0.05, 0) is 31.0 Å². The van der Waals surface area contributed by atoms with Crippen LogP contribution in [-0.2, 0) is 29.1 Å². The first-order valence-electron chi connectivity index (χ1n) is 9.68. The van der Waals surface area contributed by atoms with Crippen LogP contribution in [0.3, 0.4) is 0 Å². The Morgan fingerprint density at radius 3 is 2.06 bits per heavy atom. The Kier molecular flexibility index (Phi) is 6.33. The molecule has 0 spiro atoms. The molecule has 8 heteroatoms. The summed E-state index contributed by atoms with van der Waals surface area (Å²) in [5, 5.41) is 0. The third-order valence-corrected chi connectivity index (χ3v) is 7.57. The van der Waals surface area contributed by atoms with Gasteiger partial charge in [0.2, 0.25) is 10.0 Å². The quantitative estimate of drug-likeness (QED) is 0.387. The number of hydrogen-bond donors (Lipinski definition) is 0. The Morgan fingerprint density at radius 2 is 1.58 bits per heavy atom. The number of benzene rings is 2. The number of aryl methyl sites for hydroxylation is 1. The molecule has 0 radical (unpaired) electrons. The maximum absolute atomic E-state index is 13.8. The van der Waals surface area contributed by atoms with Crippen LogP contribution in [0.25, 0.3) is 0 Å². The van der Waals surface area contributed by atoms with Crippen molar-refractivity contribution in [2.75, 3.05) is 14.2 Å². The number of rotatable bonds is 6. The third-order valence-electron chi connectivity index (χ3n) is 5.66. The number of sulfonamides is 1. The molecule has 0 saturated carbocycles. The highest BCUT2D eigenvalue weighted by Crippen LogP contribution is 2.54. The molecule has 7 nitrogen and oxygen atoms in total. The molecule has 2 aromatic rings. The van der Waals surface area contributed by atoms with Gasteiger partial charge in [0.25, 0.3) is 0 Å². The topological polar surface area (TPSA) is 90.0 Å². The van der Waals surface area contributed by atoms with E-state index in [0.29, 0.717) is 5.56 Å². The largest absolute Gasteiger partial charge is 0.468 e. The van der Waals surface area contributed by atoms with Crippen LogP contribution in [0.1, 0.15) is 23.6 Å². The lowest BCUT2D eigenvalue weighted by Gasteiger charge is -2.34.